The fraction of sp³-hybridized carbons (Fsp3) is 0.500. The average Bonchev–Trinajstić information content (AvgIpc) is 2.46. The van der Waals surface area contributed by atoms with Crippen molar-refractivity contribution in [3.8, 4) is 0 Å². The van der Waals surface area contributed by atoms with Crippen LogP contribution in [0.15, 0.2) is 36.4 Å². The van der Waals surface area contributed by atoms with Crippen LogP contribution >= 0.6 is 0 Å². The first-order chi connectivity index (χ1) is 8.85. The Morgan fingerprint density at radius 1 is 1.17 bits per heavy atom. The average molecular weight is 244 g/mol. The van der Waals surface area contributed by atoms with Gasteiger partial charge >= 0.3 is 0 Å². The summed E-state index contributed by atoms with van der Waals surface area (Å²) in [7, 11) is 0. The number of rotatable bonds is 5. The summed E-state index contributed by atoms with van der Waals surface area (Å²) in [4.78, 5) is 2.43. The van der Waals surface area contributed by atoms with E-state index in [9.17, 15) is 0 Å². The highest BCUT2D eigenvalue weighted by molar-refractivity contribution is 5.49. The van der Waals surface area contributed by atoms with Crippen molar-refractivity contribution in [1.82, 2.24) is 5.32 Å². The summed E-state index contributed by atoms with van der Waals surface area (Å²) in [5.41, 5.74) is 2.74. The zero-order valence-electron chi connectivity index (χ0n) is 11.5. The van der Waals surface area contributed by atoms with Gasteiger partial charge in [0.05, 0.1) is 0 Å². The third-order valence-corrected chi connectivity index (χ3v) is 3.58. The molecule has 0 aliphatic carbocycles. The largest absolute Gasteiger partial charge is 0.368 e. The Morgan fingerprint density at radius 3 is 2.50 bits per heavy atom. The van der Waals surface area contributed by atoms with Gasteiger partial charge in [-0.25, -0.2) is 0 Å². The van der Waals surface area contributed by atoms with Gasteiger partial charge in [0.25, 0.3) is 0 Å². The van der Waals surface area contributed by atoms with Gasteiger partial charge in [-0.2, -0.15) is 0 Å². The fourth-order valence-corrected chi connectivity index (χ4v) is 2.54. The Bertz CT molecular complexity index is 381. The SMILES string of the molecule is CCNC(CC)c1ccc(N2CC=CCC2)cc1. The first-order valence-corrected chi connectivity index (χ1v) is 7.08. The van der Waals surface area contributed by atoms with Gasteiger partial charge in [0.1, 0.15) is 0 Å². The van der Waals surface area contributed by atoms with Gasteiger partial charge in [-0.15, -0.1) is 0 Å². The number of nitrogens with zero attached hydrogens (tertiary/aromatic N) is 1. The normalized spacial score (nSPS) is 16.9. The second kappa shape index (κ2) is 6.60. The van der Waals surface area contributed by atoms with Crippen molar-refractivity contribution in [3.05, 3.63) is 42.0 Å². The van der Waals surface area contributed by atoms with Crippen LogP contribution in [0, 0.1) is 0 Å². The molecule has 18 heavy (non-hydrogen) atoms. The topological polar surface area (TPSA) is 15.3 Å². The summed E-state index contributed by atoms with van der Waals surface area (Å²) < 4.78 is 0. The van der Waals surface area contributed by atoms with Crippen LogP contribution in [0.25, 0.3) is 0 Å². The second-order valence-corrected chi connectivity index (χ2v) is 4.82. The molecule has 2 heteroatoms. The molecule has 1 aliphatic heterocycles. The molecular weight excluding hydrogens is 220 g/mol. The fourth-order valence-electron chi connectivity index (χ4n) is 2.54. The molecule has 2 nitrogen and oxygen atoms in total. The highest BCUT2D eigenvalue weighted by Crippen LogP contribution is 2.22. The monoisotopic (exact) mass is 244 g/mol. The van der Waals surface area contributed by atoms with E-state index in [4.69, 9.17) is 0 Å². The lowest BCUT2D eigenvalue weighted by Crippen LogP contribution is -2.26. The summed E-state index contributed by atoms with van der Waals surface area (Å²) in [6, 6.07) is 9.54. The molecular formula is C16H24N2. The van der Waals surface area contributed by atoms with Crippen LogP contribution in [-0.2, 0) is 0 Å². The van der Waals surface area contributed by atoms with Crippen molar-refractivity contribution in [3.63, 3.8) is 0 Å². The molecule has 1 aliphatic rings. The van der Waals surface area contributed by atoms with Gasteiger partial charge < -0.3 is 10.2 Å². The predicted octanol–water partition coefficient (Wildman–Crippen LogP) is 3.51. The Kier molecular flexibility index (Phi) is 4.82. The third-order valence-electron chi connectivity index (χ3n) is 3.58. The number of hydrogen-bond acceptors (Lipinski definition) is 2. The lowest BCUT2D eigenvalue weighted by Gasteiger charge is -2.26. The number of nitrogens with one attached hydrogen (secondary N) is 1. The van der Waals surface area contributed by atoms with Crippen molar-refractivity contribution >= 4 is 5.69 Å². The van der Waals surface area contributed by atoms with Gasteiger partial charge in [0.2, 0.25) is 0 Å². The Hall–Kier alpha value is -1.28. The maximum absolute atomic E-state index is 3.52. The van der Waals surface area contributed by atoms with Crippen molar-refractivity contribution < 1.29 is 0 Å². The van der Waals surface area contributed by atoms with Gasteiger partial charge in [-0.3, -0.25) is 0 Å². The molecule has 1 heterocycles. The van der Waals surface area contributed by atoms with Crippen molar-refractivity contribution in [2.24, 2.45) is 0 Å². The molecule has 1 atom stereocenters. The quantitative estimate of drug-likeness (QED) is 0.797. The van der Waals surface area contributed by atoms with Crippen LogP contribution in [0.2, 0.25) is 0 Å². The summed E-state index contributed by atoms with van der Waals surface area (Å²) in [5.74, 6) is 0. The highest BCUT2D eigenvalue weighted by atomic mass is 15.1. The molecule has 0 saturated carbocycles. The van der Waals surface area contributed by atoms with Crippen LogP contribution in [0.4, 0.5) is 5.69 Å². The third kappa shape index (κ3) is 3.14. The standard InChI is InChI=1S/C16H24N2/c1-3-16(17-4-2)14-8-10-15(11-9-14)18-12-6-5-7-13-18/h5-6,8-11,16-17H,3-4,7,12-13H2,1-2H3. The molecule has 0 radical (unpaired) electrons. The highest BCUT2D eigenvalue weighted by Gasteiger charge is 2.10. The lowest BCUT2D eigenvalue weighted by molar-refractivity contribution is 0.537. The minimum atomic E-state index is 0.491. The summed E-state index contributed by atoms with van der Waals surface area (Å²) in [6.07, 6.45) is 6.82. The van der Waals surface area contributed by atoms with Crippen LogP contribution in [0.5, 0.6) is 0 Å². The molecule has 0 amide bonds. The van der Waals surface area contributed by atoms with Gasteiger partial charge in [-0.1, -0.05) is 38.1 Å². The summed E-state index contributed by atoms with van der Waals surface area (Å²) in [5, 5.41) is 3.52. The molecule has 0 aromatic heterocycles. The van der Waals surface area contributed by atoms with Crippen LogP contribution in [-0.4, -0.2) is 19.6 Å². The molecule has 1 aromatic rings. The van der Waals surface area contributed by atoms with Gasteiger partial charge in [0.15, 0.2) is 0 Å². The number of benzene rings is 1. The number of hydrogen-bond donors (Lipinski definition) is 1. The van der Waals surface area contributed by atoms with Crippen LogP contribution < -0.4 is 10.2 Å². The summed E-state index contributed by atoms with van der Waals surface area (Å²) >= 11 is 0. The van der Waals surface area contributed by atoms with E-state index in [-0.39, 0.29) is 0 Å². The maximum atomic E-state index is 3.52. The first kappa shape index (κ1) is 13.2. The molecule has 2 rings (SSSR count). The minimum Gasteiger partial charge on any atom is -0.368 e. The van der Waals surface area contributed by atoms with E-state index in [2.05, 4.69) is 60.5 Å². The molecule has 0 saturated heterocycles. The maximum Gasteiger partial charge on any atom is 0.0369 e. The molecule has 1 N–H and O–H groups in total. The Balaban J connectivity index is 2.06. The van der Waals surface area contributed by atoms with Crippen LogP contribution in [0.1, 0.15) is 38.3 Å². The second-order valence-electron chi connectivity index (χ2n) is 4.82. The van der Waals surface area contributed by atoms with E-state index in [1.807, 2.05) is 0 Å². The first-order valence-electron chi connectivity index (χ1n) is 7.08. The van der Waals surface area contributed by atoms with Crippen molar-refractivity contribution in [1.29, 1.82) is 0 Å². The zero-order valence-corrected chi connectivity index (χ0v) is 11.5. The zero-order chi connectivity index (χ0) is 12.8. The van der Waals surface area contributed by atoms with E-state index in [1.165, 1.54) is 11.3 Å². The Labute approximate surface area is 111 Å². The van der Waals surface area contributed by atoms with E-state index in [0.29, 0.717) is 6.04 Å². The molecule has 0 spiro atoms. The lowest BCUT2D eigenvalue weighted by atomic mass is 10.0. The molecule has 1 aromatic carbocycles. The van der Waals surface area contributed by atoms with Crippen molar-refractivity contribution in [2.45, 2.75) is 32.7 Å². The van der Waals surface area contributed by atoms with E-state index < -0.39 is 0 Å². The van der Waals surface area contributed by atoms with E-state index >= 15 is 0 Å². The summed E-state index contributed by atoms with van der Waals surface area (Å²) in [6.45, 7) is 7.61. The Morgan fingerprint density at radius 2 is 1.94 bits per heavy atom. The minimum absolute atomic E-state index is 0.491. The molecule has 0 fully saturated rings. The van der Waals surface area contributed by atoms with Gasteiger partial charge in [-0.05, 0) is 37.1 Å². The number of anilines is 1. The van der Waals surface area contributed by atoms with Crippen molar-refractivity contribution in [2.75, 3.05) is 24.5 Å². The molecule has 98 valence electrons. The van der Waals surface area contributed by atoms with Gasteiger partial charge in [0, 0.05) is 24.8 Å². The van der Waals surface area contributed by atoms with Crippen LogP contribution in [0.3, 0.4) is 0 Å². The smallest absolute Gasteiger partial charge is 0.0369 e. The molecule has 0 bridgehead atoms. The molecule has 1 unspecified atom stereocenters. The van der Waals surface area contributed by atoms with E-state index in [0.717, 1.165) is 32.5 Å². The van der Waals surface area contributed by atoms with E-state index in [1.54, 1.807) is 0 Å². The predicted molar refractivity (Wildman–Crippen MR) is 79.1 cm³/mol.